The Morgan fingerprint density at radius 2 is 1.90 bits per heavy atom. The number of benzene rings is 1. The van der Waals surface area contributed by atoms with E-state index in [0.717, 1.165) is 23.2 Å². The molecule has 3 rings (SSSR count). The molecule has 1 heterocycles. The number of aromatic nitrogens is 1. The quantitative estimate of drug-likeness (QED) is 0.883. The van der Waals surface area contributed by atoms with Crippen molar-refractivity contribution < 1.29 is 4.52 Å². The fourth-order valence-electron chi connectivity index (χ4n) is 3.65. The lowest BCUT2D eigenvalue weighted by molar-refractivity contribution is 0.361. The highest BCUT2D eigenvalue weighted by Crippen LogP contribution is 2.48. The number of hydrogen-bond acceptors (Lipinski definition) is 3. The van der Waals surface area contributed by atoms with E-state index in [4.69, 9.17) is 10.3 Å². The van der Waals surface area contributed by atoms with E-state index < -0.39 is 0 Å². The second-order valence-corrected chi connectivity index (χ2v) is 6.41. The van der Waals surface area contributed by atoms with Crippen LogP contribution in [0.1, 0.15) is 55.8 Å². The largest absolute Gasteiger partial charge is 0.367 e. The maximum absolute atomic E-state index is 6.11. The van der Waals surface area contributed by atoms with Gasteiger partial charge in [-0.25, -0.2) is 0 Å². The van der Waals surface area contributed by atoms with E-state index in [1.165, 1.54) is 36.8 Å². The molecule has 1 fully saturated rings. The van der Waals surface area contributed by atoms with Gasteiger partial charge in [0.15, 0.2) is 0 Å². The van der Waals surface area contributed by atoms with Crippen molar-refractivity contribution in [2.75, 3.05) is 5.73 Å². The minimum atomic E-state index is 0.148. The van der Waals surface area contributed by atoms with Gasteiger partial charge in [0.2, 0.25) is 5.88 Å². The summed E-state index contributed by atoms with van der Waals surface area (Å²) in [6, 6.07) is 6.47. The van der Waals surface area contributed by atoms with Crippen LogP contribution in [0.3, 0.4) is 0 Å². The van der Waals surface area contributed by atoms with Gasteiger partial charge in [0.1, 0.15) is 0 Å². The van der Waals surface area contributed by atoms with E-state index >= 15 is 0 Å². The third kappa shape index (κ3) is 2.25. The first-order valence-electron chi connectivity index (χ1n) is 7.90. The summed E-state index contributed by atoms with van der Waals surface area (Å²) >= 11 is 0. The van der Waals surface area contributed by atoms with Crippen LogP contribution in [-0.2, 0) is 5.41 Å². The Morgan fingerprint density at radius 1 is 1.19 bits per heavy atom. The Bertz CT molecular complexity index is 651. The van der Waals surface area contributed by atoms with Crippen molar-refractivity contribution in [1.82, 2.24) is 5.16 Å². The molecule has 3 nitrogen and oxygen atoms in total. The Kier molecular flexibility index (Phi) is 3.52. The summed E-state index contributed by atoms with van der Waals surface area (Å²) in [6.45, 7) is 6.51. The molecule has 3 heteroatoms. The molecule has 0 atom stereocenters. The summed E-state index contributed by atoms with van der Waals surface area (Å²) in [5.74, 6) is 0.452. The normalized spacial score (nSPS) is 17.3. The topological polar surface area (TPSA) is 52.0 Å². The van der Waals surface area contributed by atoms with E-state index in [1.807, 2.05) is 0 Å². The Labute approximate surface area is 126 Å². The van der Waals surface area contributed by atoms with E-state index in [0.29, 0.717) is 5.88 Å². The monoisotopic (exact) mass is 284 g/mol. The highest BCUT2D eigenvalue weighted by atomic mass is 16.5. The smallest absolute Gasteiger partial charge is 0.230 e. The van der Waals surface area contributed by atoms with Crippen molar-refractivity contribution in [3.05, 3.63) is 35.0 Å². The molecule has 1 saturated carbocycles. The van der Waals surface area contributed by atoms with Crippen LogP contribution >= 0.6 is 0 Å². The second kappa shape index (κ2) is 5.21. The molecule has 0 unspecified atom stereocenters. The van der Waals surface area contributed by atoms with Crippen LogP contribution < -0.4 is 5.73 Å². The molecule has 0 radical (unpaired) electrons. The lowest BCUT2D eigenvalue weighted by Gasteiger charge is -2.26. The zero-order chi connectivity index (χ0) is 15.0. The molecule has 0 bridgehead atoms. The van der Waals surface area contributed by atoms with Gasteiger partial charge >= 0.3 is 0 Å². The summed E-state index contributed by atoms with van der Waals surface area (Å²) in [5, 5.41) is 4.37. The fraction of sp³-hybridized carbons (Fsp3) is 0.500. The molecule has 2 N–H and O–H groups in total. The maximum atomic E-state index is 6.11. The van der Waals surface area contributed by atoms with Crippen LogP contribution in [0, 0.1) is 13.8 Å². The molecule has 0 saturated heterocycles. The zero-order valence-electron chi connectivity index (χ0n) is 13.2. The highest BCUT2D eigenvalue weighted by molar-refractivity contribution is 5.77. The maximum Gasteiger partial charge on any atom is 0.230 e. The summed E-state index contributed by atoms with van der Waals surface area (Å²) in [5.41, 5.74) is 12.0. The molecule has 1 aromatic carbocycles. The number of nitrogens with zero attached hydrogens (tertiary/aromatic N) is 1. The molecule has 112 valence electrons. The predicted molar refractivity (Wildman–Crippen MR) is 86.3 cm³/mol. The molecule has 1 aliphatic carbocycles. The molecule has 2 aromatic rings. The molecule has 0 aliphatic heterocycles. The van der Waals surface area contributed by atoms with Crippen LogP contribution in [0.5, 0.6) is 0 Å². The van der Waals surface area contributed by atoms with Crippen LogP contribution in [0.2, 0.25) is 0 Å². The van der Waals surface area contributed by atoms with E-state index in [2.05, 4.69) is 44.1 Å². The van der Waals surface area contributed by atoms with Gasteiger partial charge in [0.05, 0.1) is 11.3 Å². The molecular formula is C18H24N2O. The van der Waals surface area contributed by atoms with Crippen molar-refractivity contribution in [3.63, 3.8) is 0 Å². The van der Waals surface area contributed by atoms with Crippen LogP contribution in [0.4, 0.5) is 5.88 Å². The predicted octanol–water partition coefficient (Wildman–Crippen LogP) is 4.76. The molecule has 1 aromatic heterocycles. The van der Waals surface area contributed by atoms with Crippen LogP contribution in [0.15, 0.2) is 22.7 Å². The molecule has 0 spiro atoms. The number of nitrogen functional groups attached to an aromatic ring is 1. The van der Waals surface area contributed by atoms with E-state index in [-0.39, 0.29) is 5.41 Å². The Hall–Kier alpha value is -1.77. The number of anilines is 1. The van der Waals surface area contributed by atoms with Crippen molar-refractivity contribution >= 4 is 5.88 Å². The summed E-state index contributed by atoms with van der Waals surface area (Å²) in [4.78, 5) is 0. The summed E-state index contributed by atoms with van der Waals surface area (Å²) in [7, 11) is 0. The number of rotatable bonds is 3. The zero-order valence-corrected chi connectivity index (χ0v) is 13.2. The van der Waals surface area contributed by atoms with Gasteiger partial charge in [0, 0.05) is 5.41 Å². The third-order valence-corrected chi connectivity index (χ3v) is 5.25. The minimum Gasteiger partial charge on any atom is -0.367 e. The third-order valence-electron chi connectivity index (χ3n) is 5.25. The first-order valence-corrected chi connectivity index (χ1v) is 7.90. The van der Waals surface area contributed by atoms with Gasteiger partial charge in [-0.2, -0.15) is 0 Å². The fourth-order valence-corrected chi connectivity index (χ4v) is 3.65. The molecular weight excluding hydrogens is 260 g/mol. The van der Waals surface area contributed by atoms with E-state index in [9.17, 15) is 0 Å². The van der Waals surface area contributed by atoms with Crippen molar-refractivity contribution in [3.8, 4) is 11.1 Å². The van der Waals surface area contributed by atoms with Gasteiger partial charge in [-0.1, -0.05) is 43.1 Å². The highest BCUT2D eigenvalue weighted by Gasteiger charge is 2.39. The van der Waals surface area contributed by atoms with Crippen LogP contribution in [-0.4, -0.2) is 5.16 Å². The Balaban J connectivity index is 2.14. The lowest BCUT2D eigenvalue weighted by atomic mass is 9.77. The SMILES string of the molecule is CCC1(c2noc(N)c2-c2ccc(C)c(C)c2)CCCC1. The lowest BCUT2D eigenvalue weighted by Crippen LogP contribution is -2.22. The Morgan fingerprint density at radius 3 is 2.52 bits per heavy atom. The molecule has 1 aliphatic rings. The first kappa shape index (κ1) is 14.2. The average molecular weight is 284 g/mol. The van der Waals surface area contributed by atoms with Crippen molar-refractivity contribution in [2.45, 2.75) is 58.3 Å². The summed E-state index contributed by atoms with van der Waals surface area (Å²) < 4.78 is 5.39. The average Bonchev–Trinajstić information content (AvgIpc) is 3.09. The van der Waals surface area contributed by atoms with E-state index in [1.54, 1.807) is 0 Å². The van der Waals surface area contributed by atoms with Crippen LogP contribution in [0.25, 0.3) is 11.1 Å². The van der Waals surface area contributed by atoms with Gasteiger partial charge in [-0.3, -0.25) is 0 Å². The second-order valence-electron chi connectivity index (χ2n) is 6.41. The van der Waals surface area contributed by atoms with Gasteiger partial charge < -0.3 is 10.3 Å². The first-order chi connectivity index (χ1) is 10.1. The number of hydrogen-bond donors (Lipinski definition) is 1. The molecule has 21 heavy (non-hydrogen) atoms. The molecule has 0 amide bonds. The van der Waals surface area contributed by atoms with Crippen molar-refractivity contribution in [2.24, 2.45) is 0 Å². The minimum absolute atomic E-state index is 0.148. The van der Waals surface area contributed by atoms with Gasteiger partial charge in [0.25, 0.3) is 0 Å². The summed E-state index contributed by atoms with van der Waals surface area (Å²) in [6.07, 6.45) is 6.01. The standard InChI is InChI=1S/C18H24N2O/c1-4-18(9-5-6-10-18)16-15(17(19)21-20-16)14-8-7-12(2)13(3)11-14/h7-8,11H,4-6,9-10,19H2,1-3H3. The number of nitrogens with two attached hydrogens (primary N) is 1. The number of aryl methyl sites for hydroxylation is 2. The van der Waals surface area contributed by atoms with Gasteiger partial charge in [-0.05, 0) is 49.8 Å². The van der Waals surface area contributed by atoms with Crippen molar-refractivity contribution in [1.29, 1.82) is 0 Å². The van der Waals surface area contributed by atoms with Gasteiger partial charge in [-0.15, -0.1) is 0 Å².